The quantitative estimate of drug-likeness (QED) is 0.893. The number of carbonyl (C=O) groups is 1. The van der Waals surface area contributed by atoms with Gasteiger partial charge in [-0.15, -0.1) is 0 Å². The van der Waals surface area contributed by atoms with Gasteiger partial charge in [0.1, 0.15) is 11.9 Å². The van der Waals surface area contributed by atoms with Crippen LogP contribution >= 0.6 is 11.6 Å². The van der Waals surface area contributed by atoms with Gasteiger partial charge in [-0.05, 0) is 29.8 Å². The van der Waals surface area contributed by atoms with Gasteiger partial charge in [0.05, 0.1) is 0 Å². The number of carboxylic acids is 1. The molecule has 18 heavy (non-hydrogen) atoms. The summed E-state index contributed by atoms with van der Waals surface area (Å²) in [6.07, 6.45) is -0.539. The van der Waals surface area contributed by atoms with Crippen LogP contribution in [0.5, 0.6) is 0 Å². The molecule has 0 aliphatic carbocycles. The number of aromatic carboxylic acids is 1. The Hall–Kier alpha value is -1.78. The van der Waals surface area contributed by atoms with E-state index < -0.39 is 12.1 Å². The van der Waals surface area contributed by atoms with Crippen molar-refractivity contribution in [2.45, 2.75) is 12.5 Å². The first-order chi connectivity index (χ1) is 8.56. The third-order valence-electron chi connectivity index (χ3n) is 2.51. The summed E-state index contributed by atoms with van der Waals surface area (Å²) in [6.45, 7) is 0. The second-order valence-corrected chi connectivity index (χ2v) is 4.29. The molecule has 0 saturated heterocycles. The van der Waals surface area contributed by atoms with E-state index in [0.717, 1.165) is 5.56 Å². The van der Waals surface area contributed by atoms with Crippen molar-refractivity contribution < 1.29 is 19.4 Å². The van der Waals surface area contributed by atoms with Gasteiger partial charge in [0.2, 0.25) is 5.76 Å². The summed E-state index contributed by atoms with van der Waals surface area (Å²) in [4.78, 5) is 10.6. The Labute approximate surface area is 108 Å². The third kappa shape index (κ3) is 2.91. The molecular formula is C13H11ClO4. The molecule has 2 aromatic rings. The van der Waals surface area contributed by atoms with E-state index in [0.29, 0.717) is 11.4 Å². The van der Waals surface area contributed by atoms with E-state index in [1.165, 1.54) is 12.1 Å². The average molecular weight is 267 g/mol. The van der Waals surface area contributed by atoms with E-state index in [2.05, 4.69) is 0 Å². The fourth-order valence-electron chi connectivity index (χ4n) is 1.59. The molecule has 1 heterocycles. The highest BCUT2D eigenvalue weighted by Crippen LogP contribution is 2.21. The van der Waals surface area contributed by atoms with E-state index in [-0.39, 0.29) is 11.5 Å². The van der Waals surface area contributed by atoms with Gasteiger partial charge in [-0.3, -0.25) is 0 Å². The summed E-state index contributed by atoms with van der Waals surface area (Å²) in [7, 11) is 0. The maximum absolute atomic E-state index is 10.6. The number of halogens is 1. The van der Waals surface area contributed by atoms with Crippen LogP contribution in [0.4, 0.5) is 0 Å². The molecule has 1 aromatic heterocycles. The maximum Gasteiger partial charge on any atom is 0.371 e. The van der Waals surface area contributed by atoms with Crippen molar-refractivity contribution in [3.05, 3.63) is 58.5 Å². The van der Waals surface area contributed by atoms with Crippen molar-refractivity contribution in [1.82, 2.24) is 0 Å². The van der Waals surface area contributed by atoms with Gasteiger partial charge in [0.25, 0.3) is 0 Å². The van der Waals surface area contributed by atoms with Crippen molar-refractivity contribution in [1.29, 1.82) is 0 Å². The number of hydrogen-bond acceptors (Lipinski definition) is 3. The molecule has 94 valence electrons. The van der Waals surface area contributed by atoms with Crippen LogP contribution in [0.25, 0.3) is 0 Å². The van der Waals surface area contributed by atoms with Crippen molar-refractivity contribution in [3.8, 4) is 0 Å². The maximum atomic E-state index is 10.6. The smallest absolute Gasteiger partial charge is 0.371 e. The fraction of sp³-hybridized carbons (Fsp3) is 0.154. The lowest BCUT2D eigenvalue weighted by Gasteiger charge is -2.07. The molecule has 0 amide bonds. The van der Waals surface area contributed by atoms with Crippen LogP contribution in [0.15, 0.2) is 40.8 Å². The van der Waals surface area contributed by atoms with Crippen LogP contribution in [0.1, 0.15) is 28.0 Å². The van der Waals surface area contributed by atoms with Gasteiger partial charge in [0, 0.05) is 11.4 Å². The van der Waals surface area contributed by atoms with Crippen molar-refractivity contribution >= 4 is 17.6 Å². The lowest BCUT2D eigenvalue weighted by atomic mass is 10.1. The molecule has 2 N–H and O–H groups in total. The number of furan rings is 1. The summed E-state index contributed by atoms with van der Waals surface area (Å²) in [5, 5.41) is 19.3. The van der Waals surface area contributed by atoms with Crippen molar-refractivity contribution in [2.24, 2.45) is 0 Å². The fourth-order valence-corrected chi connectivity index (χ4v) is 1.72. The largest absolute Gasteiger partial charge is 0.475 e. The van der Waals surface area contributed by atoms with Crippen LogP contribution in [0.3, 0.4) is 0 Å². The van der Waals surface area contributed by atoms with E-state index in [4.69, 9.17) is 21.1 Å². The van der Waals surface area contributed by atoms with Gasteiger partial charge in [-0.1, -0.05) is 23.7 Å². The Bertz CT molecular complexity index is 544. The molecule has 1 atom stereocenters. The van der Waals surface area contributed by atoms with E-state index >= 15 is 0 Å². The SMILES string of the molecule is O=C(O)c1ccc(C(O)Cc2ccc(Cl)cc2)o1. The normalized spacial score (nSPS) is 12.3. The molecule has 0 aliphatic heterocycles. The molecule has 1 unspecified atom stereocenters. The number of aliphatic hydroxyl groups excluding tert-OH is 1. The Morgan fingerprint density at radius 1 is 1.22 bits per heavy atom. The van der Waals surface area contributed by atoms with Crippen LogP contribution < -0.4 is 0 Å². The molecular weight excluding hydrogens is 256 g/mol. The zero-order chi connectivity index (χ0) is 13.1. The topological polar surface area (TPSA) is 70.7 Å². The molecule has 0 aliphatic rings. The minimum atomic E-state index is -1.15. The minimum absolute atomic E-state index is 0.180. The van der Waals surface area contributed by atoms with Crippen LogP contribution in [-0.2, 0) is 6.42 Å². The predicted molar refractivity (Wildman–Crippen MR) is 65.8 cm³/mol. The molecule has 4 nitrogen and oxygen atoms in total. The lowest BCUT2D eigenvalue weighted by molar-refractivity contribution is 0.0651. The van der Waals surface area contributed by atoms with Crippen molar-refractivity contribution in [3.63, 3.8) is 0 Å². The van der Waals surface area contributed by atoms with E-state index in [9.17, 15) is 9.90 Å². The highest BCUT2D eigenvalue weighted by molar-refractivity contribution is 6.30. The molecule has 1 aromatic carbocycles. The molecule has 2 rings (SSSR count). The monoisotopic (exact) mass is 266 g/mol. The Balaban J connectivity index is 2.09. The highest BCUT2D eigenvalue weighted by atomic mass is 35.5. The molecule has 0 bridgehead atoms. The zero-order valence-electron chi connectivity index (χ0n) is 9.34. The van der Waals surface area contributed by atoms with Crippen molar-refractivity contribution in [2.75, 3.05) is 0 Å². The Morgan fingerprint density at radius 2 is 1.89 bits per heavy atom. The number of carboxylic acid groups (broad SMARTS) is 1. The third-order valence-corrected chi connectivity index (χ3v) is 2.76. The van der Waals surface area contributed by atoms with Gasteiger partial charge in [-0.25, -0.2) is 4.79 Å². The predicted octanol–water partition coefficient (Wildman–Crippen LogP) is 2.91. The Morgan fingerprint density at radius 3 is 2.44 bits per heavy atom. The minimum Gasteiger partial charge on any atom is -0.475 e. The van der Waals surface area contributed by atoms with Gasteiger partial charge < -0.3 is 14.6 Å². The second kappa shape index (κ2) is 5.25. The van der Waals surface area contributed by atoms with Crippen LogP contribution in [-0.4, -0.2) is 16.2 Å². The first-order valence-corrected chi connectivity index (χ1v) is 5.69. The number of aliphatic hydroxyl groups is 1. The molecule has 0 saturated carbocycles. The van der Waals surface area contributed by atoms with Gasteiger partial charge in [0.15, 0.2) is 0 Å². The Kier molecular flexibility index (Phi) is 3.69. The first-order valence-electron chi connectivity index (χ1n) is 5.32. The number of rotatable bonds is 4. The summed E-state index contributed by atoms with van der Waals surface area (Å²) >= 11 is 5.76. The van der Waals surface area contributed by atoms with E-state index in [1.807, 2.05) is 0 Å². The standard InChI is InChI=1S/C13H11ClO4/c14-9-3-1-8(2-4-9)7-10(15)11-5-6-12(18-11)13(16)17/h1-6,10,15H,7H2,(H,16,17). The number of hydrogen-bond donors (Lipinski definition) is 2. The summed E-state index contributed by atoms with van der Waals surface area (Å²) in [6, 6.07) is 9.84. The average Bonchev–Trinajstić information content (AvgIpc) is 2.81. The zero-order valence-corrected chi connectivity index (χ0v) is 10.1. The molecule has 0 spiro atoms. The molecule has 0 fully saturated rings. The van der Waals surface area contributed by atoms with Crippen LogP contribution in [0.2, 0.25) is 5.02 Å². The summed E-state index contributed by atoms with van der Waals surface area (Å²) < 4.78 is 5.03. The van der Waals surface area contributed by atoms with E-state index in [1.54, 1.807) is 24.3 Å². The first kappa shape index (κ1) is 12.7. The highest BCUT2D eigenvalue weighted by Gasteiger charge is 2.16. The van der Waals surface area contributed by atoms with Gasteiger partial charge in [-0.2, -0.15) is 0 Å². The molecule has 5 heteroatoms. The van der Waals surface area contributed by atoms with Crippen LogP contribution in [0, 0.1) is 0 Å². The number of benzene rings is 1. The lowest BCUT2D eigenvalue weighted by Crippen LogP contribution is -2.00. The summed E-state index contributed by atoms with van der Waals surface area (Å²) in [5.74, 6) is -1.09. The summed E-state index contributed by atoms with van der Waals surface area (Å²) in [5.41, 5.74) is 0.889. The van der Waals surface area contributed by atoms with Gasteiger partial charge >= 0.3 is 5.97 Å². The second-order valence-electron chi connectivity index (χ2n) is 3.85. The molecule has 0 radical (unpaired) electrons.